The Morgan fingerprint density at radius 1 is 1.32 bits per heavy atom. The van der Waals surface area contributed by atoms with Gasteiger partial charge in [-0.2, -0.15) is 0 Å². The summed E-state index contributed by atoms with van der Waals surface area (Å²) in [6.45, 7) is 6.74. The molecule has 1 aromatic rings. The van der Waals surface area contributed by atoms with Gasteiger partial charge in [-0.15, -0.1) is 0 Å². The van der Waals surface area contributed by atoms with Crippen LogP contribution in [0.1, 0.15) is 38.8 Å². The molecule has 1 aromatic carbocycles. The first kappa shape index (κ1) is 14.8. The molecule has 1 N–H and O–H groups in total. The lowest BCUT2D eigenvalue weighted by Gasteiger charge is -2.36. The van der Waals surface area contributed by atoms with Gasteiger partial charge in [-0.05, 0) is 49.6 Å². The summed E-state index contributed by atoms with van der Waals surface area (Å²) in [5.41, 5.74) is 0.812. The van der Waals surface area contributed by atoms with Gasteiger partial charge in [-0.3, -0.25) is 0 Å². The molecule has 0 aromatic heterocycles. The number of sulfone groups is 1. The molecule has 1 heterocycles. The zero-order valence-corrected chi connectivity index (χ0v) is 13.1. The second-order valence-electron chi connectivity index (χ2n) is 5.22. The van der Waals surface area contributed by atoms with Gasteiger partial charge in [0.2, 0.25) is 0 Å². The molecular weight excluding hydrogens is 282 g/mol. The molecule has 0 aliphatic carbocycles. The highest BCUT2D eigenvalue weighted by atomic mass is 35.5. The van der Waals surface area contributed by atoms with Crippen molar-refractivity contribution in [1.29, 1.82) is 0 Å². The van der Waals surface area contributed by atoms with E-state index in [2.05, 4.69) is 12.2 Å². The lowest BCUT2D eigenvalue weighted by Crippen LogP contribution is -2.41. The van der Waals surface area contributed by atoms with Gasteiger partial charge in [-0.25, -0.2) is 8.42 Å². The van der Waals surface area contributed by atoms with Gasteiger partial charge in [0.15, 0.2) is 9.84 Å². The maximum Gasteiger partial charge on any atom is 0.181 e. The Kier molecular flexibility index (Phi) is 4.23. The van der Waals surface area contributed by atoms with Crippen molar-refractivity contribution in [3.63, 3.8) is 0 Å². The van der Waals surface area contributed by atoms with Gasteiger partial charge in [0.05, 0.1) is 10.1 Å². The fourth-order valence-electron chi connectivity index (χ4n) is 2.65. The number of fused-ring (bicyclic) bond motifs is 1. The highest BCUT2D eigenvalue weighted by Crippen LogP contribution is 2.41. The third kappa shape index (κ3) is 2.54. The maximum atomic E-state index is 12.5. The monoisotopic (exact) mass is 301 g/mol. The molecule has 19 heavy (non-hydrogen) atoms. The van der Waals surface area contributed by atoms with Crippen molar-refractivity contribution < 1.29 is 8.42 Å². The van der Waals surface area contributed by atoms with E-state index in [4.69, 9.17) is 11.6 Å². The van der Waals surface area contributed by atoms with Crippen LogP contribution in [0.15, 0.2) is 23.1 Å². The lowest BCUT2D eigenvalue weighted by atomic mass is 9.91. The summed E-state index contributed by atoms with van der Waals surface area (Å²) in [6, 6.07) is 5.12. The van der Waals surface area contributed by atoms with Crippen LogP contribution < -0.4 is 5.32 Å². The minimum Gasteiger partial charge on any atom is -0.310 e. The molecule has 2 rings (SSSR count). The normalized spacial score (nSPS) is 28.9. The van der Waals surface area contributed by atoms with Gasteiger partial charge in [0.25, 0.3) is 0 Å². The topological polar surface area (TPSA) is 46.2 Å². The minimum atomic E-state index is -3.24. The van der Waals surface area contributed by atoms with E-state index in [0.717, 1.165) is 18.5 Å². The summed E-state index contributed by atoms with van der Waals surface area (Å²) in [4.78, 5) is 0.427. The largest absolute Gasteiger partial charge is 0.310 e. The molecule has 3 atom stereocenters. The molecule has 0 fully saturated rings. The smallest absolute Gasteiger partial charge is 0.181 e. The summed E-state index contributed by atoms with van der Waals surface area (Å²) in [7, 11) is -3.24. The highest BCUT2D eigenvalue weighted by molar-refractivity contribution is 7.92. The Balaban J connectivity index is 2.56. The fourth-order valence-corrected chi connectivity index (χ4v) is 4.73. The molecule has 1 aliphatic heterocycles. The summed E-state index contributed by atoms with van der Waals surface area (Å²) >= 11 is 6.03. The van der Waals surface area contributed by atoms with Gasteiger partial charge in [-0.1, -0.05) is 25.4 Å². The van der Waals surface area contributed by atoms with E-state index < -0.39 is 9.84 Å². The quantitative estimate of drug-likeness (QED) is 0.932. The lowest BCUT2D eigenvalue weighted by molar-refractivity contribution is 0.359. The molecule has 0 saturated heterocycles. The van der Waals surface area contributed by atoms with E-state index in [-0.39, 0.29) is 17.2 Å². The van der Waals surface area contributed by atoms with Crippen molar-refractivity contribution in [2.24, 2.45) is 5.92 Å². The van der Waals surface area contributed by atoms with Gasteiger partial charge >= 0.3 is 0 Å². The summed E-state index contributed by atoms with van der Waals surface area (Å²) in [5.74, 6) is 0.0301. The van der Waals surface area contributed by atoms with Crippen LogP contribution in [0.3, 0.4) is 0 Å². The van der Waals surface area contributed by atoms with Crippen LogP contribution in [0.4, 0.5) is 0 Å². The summed E-state index contributed by atoms with van der Waals surface area (Å²) in [5, 5.41) is 3.65. The second-order valence-corrected chi connectivity index (χ2v) is 7.93. The standard InChI is InChI=1S/C14H20ClNO2S/c1-4-7-16-14-9(2)10(3)19(17,18)13-6-5-11(15)8-12(13)14/h5-6,8-10,14,16H,4,7H2,1-3H3. The minimum absolute atomic E-state index is 0.0301. The average Bonchev–Trinajstić information content (AvgIpc) is 2.36. The van der Waals surface area contributed by atoms with Crippen LogP contribution in [0, 0.1) is 5.92 Å². The van der Waals surface area contributed by atoms with Gasteiger partial charge < -0.3 is 5.32 Å². The van der Waals surface area contributed by atoms with Crippen LogP contribution >= 0.6 is 11.6 Å². The Morgan fingerprint density at radius 3 is 2.63 bits per heavy atom. The molecule has 106 valence electrons. The van der Waals surface area contributed by atoms with Gasteiger partial charge in [0, 0.05) is 11.1 Å². The third-order valence-electron chi connectivity index (χ3n) is 3.98. The van der Waals surface area contributed by atoms with Gasteiger partial charge in [0.1, 0.15) is 0 Å². The molecule has 3 unspecified atom stereocenters. The first-order chi connectivity index (χ1) is 8.89. The van der Waals surface area contributed by atoms with Crippen molar-refractivity contribution in [1.82, 2.24) is 5.32 Å². The predicted molar refractivity (Wildman–Crippen MR) is 78.3 cm³/mol. The van der Waals surface area contributed by atoms with E-state index in [1.54, 1.807) is 25.1 Å². The number of benzene rings is 1. The SMILES string of the molecule is CCCNC1c2cc(Cl)ccc2S(=O)(=O)C(C)C1C. The second kappa shape index (κ2) is 5.43. The summed E-state index contributed by atoms with van der Waals surface area (Å²) in [6.07, 6.45) is 1.01. The van der Waals surface area contributed by atoms with Crippen molar-refractivity contribution in [3.05, 3.63) is 28.8 Å². The molecule has 5 heteroatoms. The van der Waals surface area contributed by atoms with Crippen molar-refractivity contribution in [2.75, 3.05) is 6.54 Å². The highest BCUT2D eigenvalue weighted by Gasteiger charge is 2.41. The average molecular weight is 302 g/mol. The van der Waals surface area contributed by atoms with E-state index in [9.17, 15) is 8.42 Å². The summed E-state index contributed by atoms with van der Waals surface area (Å²) < 4.78 is 24.9. The van der Waals surface area contributed by atoms with Crippen LogP contribution in [-0.4, -0.2) is 20.2 Å². The molecule has 0 radical (unpaired) electrons. The van der Waals surface area contributed by atoms with Crippen molar-refractivity contribution >= 4 is 21.4 Å². The first-order valence-corrected chi connectivity index (χ1v) is 8.58. The number of hydrogen-bond acceptors (Lipinski definition) is 3. The Morgan fingerprint density at radius 2 is 2.00 bits per heavy atom. The Hall–Kier alpha value is -0.580. The Bertz CT molecular complexity index is 571. The van der Waals surface area contributed by atoms with E-state index in [0.29, 0.717) is 9.92 Å². The predicted octanol–water partition coefficient (Wildman–Crippen LogP) is 3.19. The first-order valence-electron chi connectivity index (χ1n) is 6.66. The molecule has 3 nitrogen and oxygen atoms in total. The fraction of sp³-hybridized carbons (Fsp3) is 0.571. The molecule has 0 saturated carbocycles. The van der Waals surface area contributed by atoms with E-state index in [1.807, 2.05) is 6.92 Å². The zero-order valence-electron chi connectivity index (χ0n) is 11.5. The van der Waals surface area contributed by atoms with Crippen LogP contribution in [0.2, 0.25) is 5.02 Å². The number of nitrogens with one attached hydrogen (secondary N) is 1. The molecule has 0 spiro atoms. The third-order valence-corrected chi connectivity index (χ3v) is 6.61. The molecule has 0 bridgehead atoms. The van der Waals surface area contributed by atoms with Crippen LogP contribution in [0.25, 0.3) is 0 Å². The number of halogens is 1. The number of rotatable bonds is 3. The molecule has 1 aliphatic rings. The van der Waals surface area contributed by atoms with Crippen LogP contribution in [0.5, 0.6) is 0 Å². The number of hydrogen-bond donors (Lipinski definition) is 1. The van der Waals surface area contributed by atoms with Crippen LogP contribution in [-0.2, 0) is 9.84 Å². The Labute approximate surface area is 120 Å². The maximum absolute atomic E-state index is 12.5. The zero-order chi connectivity index (χ0) is 14.2. The van der Waals surface area contributed by atoms with Crippen molar-refractivity contribution in [3.8, 4) is 0 Å². The van der Waals surface area contributed by atoms with Crippen molar-refractivity contribution in [2.45, 2.75) is 43.4 Å². The molecule has 0 amide bonds. The van der Waals surface area contributed by atoms with E-state index in [1.165, 1.54) is 0 Å². The molecular formula is C14H20ClNO2S. The van der Waals surface area contributed by atoms with E-state index >= 15 is 0 Å².